The van der Waals surface area contributed by atoms with Crippen LogP contribution < -0.4 is 0 Å². The highest BCUT2D eigenvalue weighted by Crippen LogP contribution is 2.34. The molecule has 103 valence electrons. The Balaban J connectivity index is 2.16. The van der Waals surface area contributed by atoms with E-state index in [9.17, 15) is 0 Å². The molecule has 0 amide bonds. The lowest BCUT2D eigenvalue weighted by Crippen LogP contribution is -2.06. The summed E-state index contributed by atoms with van der Waals surface area (Å²) in [4.78, 5) is 8.21. The standard InChI is InChI=1S/C17H11Cl2N2/c18-14-7-5-12(6-8-14)17(13-9-20-11-21-10-13)15-3-1-2-4-16(15)19/h1-11H. The predicted molar refractivity (Wildman–Crippen MR) is 85.5 cm³/mol. The SMILES string of the molecule is Clc1ccc([C](c2cncnc2)c2ccccc2Cl)cc1. The van der Waals surface area contributed by atoms with Gasteiger partial charge in [0.25, 0.3) is 0 Å². The molecule has 1 radical (unpaired) electrons. The molecular weight excluding hydrogens is 303 g/mol. The molecule has 1 aromatic heterocycles. The molecule has 0 spiro atoms. The molecular formula is C17H11Cl2N2. The van der Waals surface area contributed by atoms with Gasteiger partial charge < -0.3 is 0 Å². The molecule has 0 aliphatic carbocycles. The van der Waals surface area contributed by atoms with Gasteiger partial charge in [-0.3, -0.25) is 0 Å². The molecule has 3 aromatic rings. The van der Waals surface area contributed by atoms with Crippen LogP contribution in [-0.2, 0) is 0 Å². The second kappa shape index (κ2) is 6.25. The summed E-state index contributed by atoms with van der Waals surface area (Å²) < 4.78 is 0. The number of aromatic nitrogens is 2. The number of benzene rings is 2. The third-order valence-corrected chi connectivity index (χ3v) is 3.71. The van der Waals surface area contributed by atoms with E-state index in [1.54, 1.807) is 12.4 Å². The summed E-state index contributed by atoms with van der Waals surface area (Å²) >= 11 is 12.3. The highest BCUT2D eigenvalue weighted by atomic mass is 35.5. The van der Waals surface area contributed by atoms with Crippen LogP contribution in [0.3, 0.4) is 0 Å². The summed E-state index contributed by atoms with van der Waals surface area (Å²) in [5.74, 6) is 0.984. The van der Waals surface area contributed by atoms with Crippen molar-refractivity contribution in [3.63, 3.8) is 0 Å². The lowest BCUT2D eigenvalue weighted by atomic mass is 9.86. The Hall–Kier alpha value is -1.90. The van der Waals surface area contributed by atoms with Gasteiger partial charge in [-0.05, 0) is 29.3 Å². The van der Waals surface area contributed by atoms with E-state index in [1.807, 2.05) is 48.5 Å². The normalized spacial score (nSPS) is 10.8. The van der Waals surface area contributed by atoms with Crippen molar-refractivity contribution in [2.45, 2.75) is 0 Å². The molecule has 0 fully saturated rings. The van der Waals surface area contributed by atoms with Gasteiger partial charge in [-0.15, -0.1) is 0 Å². The number of nitrogens with zero attached hydrogens (tertiary/aromatic N) is 2. The quantitative estimate of drug-likeness (QED) is 0.694. The molecule has 3 rings (SSSR count). The van der Waals surface area contributed by atoms with Crippen molar-refractivity contribution in [2.75, 3.05) is 0 Å². The van der Waals surface area contributed by atoms with Gasteiger partial charge >= 0.3 is 0 Å². The minimum atomic E-state index is 0.686. The van der Waals surface area contributed by atoms with E-state index < -0.39 is 0 Å². The summed E-state index contributed by atoms with van der Waals surface area (Å²) in [6.45, 7) is 0. The molecule has 4 heteroatoms. The highest BCUT2D eigenvalue weighted by Gasteiger charge is 2.20. The number of hydrogen-bond acceptors (Lipinski definition) is 2. The summed E-state index contributed by atoms with van der Waals surface area (Å²) in [6, 6.07) is 15.4. The maximum absolute atomic E-state index is 6.36. The van der Waals surface area contributed by atoms with Crippen molar-refractivity contribution in [2.24, 2.45) is 0 Å². The lowest BCUT2D eigenvalue weighted by Gasteiger charge is -2.18. The van der Waals surface area contributed by atoms with Gasteiger partial charge in [0.2, 0.25) is 0 Å². The van der Waals surface area contributed by atoms with Gasteiger partial charge in [-0.25, -0.2) is 9.97 Å². The molecule has 0 unspecified atom stereocenters. The second-order valence-corrected chi connectivity index (χ2v) is 5.33. The highest BCUT2D eigenvalue weighted by molar-refractivity contribution is 6.31. The Morgan fingerprint density at radius 2 is 1.43 bits per heavy atom. The van der Waals surface area contributed by atoms with Gasteiger partial charge in [0, 0.05) is 28.0 Å². The maximum Gasteiger partial charge on any atom is 0.115 e. The zero-order valence-electron chi connectivity index (χ0n) is 11.0. The first kappa shape index (κ1) is 14.1. The molecule has 21 heavy (non-hydrogen) atoms. The van der Waals surface area contributed by atoms with Gasteiger partial charge in [-0.1, -0.05) is 53.5 Å². The van der Waals surface area contributed by atoms with Crippen LogP contribution in [0.1, 0.15) is 16.7 Å². The number of rotatable bonds is 3. The van der Waals surface area contributed by atoms with Gasteiger partial charge in [0.15, 0.2) is 0 Å². The fraction of sp³-hybridized carbons (Fsp3) is 0. The molecule has 1 heterocycles. The first-order chi connectivity index (χ1) is 10.3. The van der Waals surface area contributed by atoms with Gasteiger partial charge in [0.1, 0.15) is 6.33 Å². The van der Waals surface area contributed by atoms with Crippen molar-refractivity contribution in [3.8, 4) is 0 Å². The molecule has 0 aliphatic rings. The first-order valence-electron chi connectivity index (χ1n) is 6.39. The number of halogens is 2. The van der Waals surface area contributed by atoms with E-state index in [0.717, 1.165) is 22.6 Å². The summed E-state index contributed by atoms with van der Waals surface area (Å²) in [5.41, 5.74) is 2.87. The van der Waals surface area contributed by atoms with Crippen LogP contribution in [0.25, 0.3) is 0 Å². The number of hydrogen-bond donors (Lipinski definition) is 0. The third-order valence-electron chi connectivity index (χ3n) is 3.13. The van der Waals surface area contributed by atoms with Crippen molar-refractivity contribution in [3.05, 3.63) is 99.9 Å². The lowest BCUT2D eigenvalue weighted by molar-refractivity contribution is 1.10. The predicted octanol–water partition coefficient (Wildman–Crippen LogP) is 4.80. The van der Waals surface area contributed by atoms with E-state index in [1.165, 1.54) is 6.33 Å². The van der Waals surface area contributed by atoms with Crippen LogP contribution in [-0.4, -0.2) is 9.97 Å². The summed E-state index contributed by atoms with van der Waals surface area (Å²) in [5, 5.41) is 1.38. The molecule has 0 N–H and O–H groups in total. The van der Waals surface area contributed by atoms with E-state index in [-0.39, 0.29) is 0 Å². The minimum Gasteiger partial charge on any atom is -0.244 e. The fourth-order valence-corrected chi connectivity index (χ4v) is 2.54. The summed E-state index contributed by atoms with van der Waals surface area (Å²) in [7, 11) is 0. The van der Waals surface area contributed by atoms with Gasteiger partial charge in [0.05, 0.1) is 5.92 Å². The maximum atomic E-state index is 6.36. The molecule has 0 saturated carbocycles. The van der Waals surface area contributed by atoms with E-state index in [0.29, 0.717) is 10.0 Å². The van der Waals surface area contributed by atoms with Crippen LogP contribution >= 0.6 is 23.2 Å². The largest absolute Gasteiger partial charge is 0.244 e. The molecule has 0 aliphatic heterocycles. The molecule has 2 aromatic carbocycles. The topological polar surface area (TPSA) is 25.8 Å². The van der Waals surface area contributed by atoms with Crippen LogP contribution in [0, 0.1) is 5.92 Å². The summed E-state index contributed by atoms with van der Waals surface area (Å²) in [6.07, 6.45) is 5.07. The van der Waals surface area contributed by atoms with Crippen LogP contribution in [0.4, 0.5) is 0 Å². The molecule has 2 nitrogen and oxygen atoms in total. The molecule has 0 bridgehead atoms. The van der Waals surface area contributed by atoms with Crippen molar-refractivity contribution in [1.82, 2.24) is 9.97 Å². The average Bonchev–Trinajstić information content (AvgIpc) is 2.52. The second-order valence-electron chi connectivity index (χ2n) is 4.49. The van der Waals surface area contributed by atoms with Crippen LogP contribution in [0.5, 0.6) is 0 Å². The Bertz CT molecular complexity index is 727. The van der Waals surface area contributed by atoms with Crippen LogP contribution in [0.2, 0.25) is 10.0 Å². The Morgan fingerprint density at radius 1 is 0.762 bits per heavy atom. The van der Waals surface area contributed by atoms with Crippen LogP contribution in [0.15, 0.2) is 67.3 Å². The Kier molecular flexibility index (Phi) is 4.18. The zero-order chi connectivity index (χ0) is 14.7. The first-order valence-corrected chi connectivity index (χ1v) is 7.14. The van der Waals surface area contributed by atoms with E-state index in [4.69, 9.17) is 23.2 Å². The Morgan fingerprint density at radius 3 is 2.10 bits per heavy atom. The smallest absolute Gasteiger partial charge is 0.115 e. The fourth-order valence-electron chi connectivity index (χ4n) is 2.19. The Labute approximate surface area is 133 Å². The van der Waals surface area contributed by atoms with Crippen molar-refractivity contribution >= 4 is 23.2 Å². The van der Waals surface area contributed by atoms with E-state index in [2.05, 4.69) is 9.97 Å². The average molecular weight is 314 g/mol. The third kappa shape index (κ3) is 3.07. The van der Waals surface area contributed by atoms with E-state index >= 15 is 0 Å². The zero-order valence-corrected chi connectivity index (χ0v) is 12.5. The van der Waals surface area contributed by atoms with Gasteiger partial charge in [-0.2, -0.15) is 0 Å². The monoisotopic (exact) mass is 313 g/mol. The molecule has 0 saturated heterocycles. The minimum absolute atomic E-state index is 0.686. The van der Waals surface area contributed by atoms with Crippen molar-refractivity contribution in [1.29, 1.82) is 0 Å². The molecule has 0 atom stereocenters. The van der Waals surface area contributed by atoms with Crippen molar-refractivity contribution < 1.29 is 0 Å².